The third-order valence-electron chi connectivity index (χ3n) is 2.73. The SMILES string of the molecule is CSc1ccc(C2=NNC(=O)CC2CO)cc1. The van der Waals surface area contributed by atoms with E-state index < -0.39 is 0 Å². The second-order valence-corrected chi connectivity index (χ2v) is 4.72. The lowest BCUT2D eigenvalue weighted by molar-refractivity contribution is -0.122. The van der Waals surface area contributed by atoms with Crippen LogP contribution in [-0.2, 0) is 4.79 Å². The van der Waals surface area contributed by atoms with E-state index in [-0.39, 0.29) is 18.4 Å². The molecule has 0 saturated heterocycles. The minimum atomic E-state index is -0.205. The summed E-state index contributed by atoms with van der Waals surface area (Å²) in [6, 6.07) is 7.94. The van der Waals surface area contributed by atoms with Gasteiger partial charge in [0.2, 0.25) is 5.91 Å². The van der Waals surface area contributed by atoms with Crippen LogP contribution in [0.25, 0.3) is 0 Å². The van der Waals surface area contributed by atoms with Crippen molar-refractivity contribution in [2.45, 2.75) is 11.3 Å². The molecular formula is C12H14N2O2S. The number of carbonyl (C=O) groups is 1. The highest BCUT2D eigenvalue weighted by Crippen LogP contribution is 2.20. The molecule has 1 unspecified atom stereocenters. The maximum atomic E-state index is 11.2. The zero-order valence-corrected chi connectivity index (χ0v) is 10.3. The normalized spacial score (nSPS) is 19.8. The van der Waals surface area contributed by atoms with Crippen LogP contribution in [0, 0.1) is 5.92 Å². The summed E-state index contributed by atoms with van der Waals surface area (Å²) in [4.78, 5) is 12.4. The van der Waals surface area contributed by atoms with Crippen molar-refractivity contribution >= 4 is 23.4 Å². The first-order chi connectivity index (χ1) is 8.24. The lowest BCUT2D eigenvalue weighted by atomic mass is 9.93. The summed E-state index contributed by atoms with van der Waals surface area (Å²) in [5.74, 6) is -0.350. The Labute approximate surface area is 104 Å². The number of hydrazone groups is 1. The molecular weight excluding hydrogens is 236 g/mol. The maximum Gasteiger partial charge on any atom is 0.240 e. The van der Waals surface area contributed by atoms with Gasteiger partial charge >= 0.3 is 0 Å². The lowest BCUT2D eigenvalue weighted by Crippen LogP contribution is -2.35. The third kappa shape index (κ3) is 2.68. The largest absolute Gasteiger partial charge is 0.396 e. The Kier molecular flexibility index (Phi) is 3.81. The minimum absolute atomic E-state index is 0.0590. The number of thioether (sulfide) groups is 1. The van der Waals surface area contributed by atoms with Crippen molar-refractivity contribution in [3.8, 4) is 0 Å². The number of rotatable bonds is 3. The molecule has 0 aromatic heterocycles. The second-order valence-electron chi connectivity index (χ2n) is 3.84. The van der Waals surface area contributed by atoms with Gasteiger partial charge in [-0.05, 0) is 24.0 Å². The Bertz CT molecular complexity index is 442. The van der Waals surface area contributed by atoms with Crippen molar-refractivity contribution in [1.82, 2.24) is 5.43 Å². The second kappa shape index (κ2) is 5.33. The smallest absolute Gasteiger partial charge is 0.240 e. The van der Waals surface area contributed by atoms with E-state index in [1.54, 1.807) is 11.8 Å². The molecule has 4 nitrogen and oxygen atoms in total. The van der Waals surface area contributed by atoms with Gasteiger partial charge < -0.3 is 5.11 Å². The highest BCUT2D eigenvalue weighted by atomic mass is 32.2. The van der Waals surface area contributed by atoms with Crippen LogP contribution in [0.4, 0.5) is 0 Å². The molecule has 0 bridgehead atoms. The van der Waals surface area contributed by atoms with E-state index in [1.807, 2.05) is 30.5 Å². The molecule has 1 aliphatic rings. The first kappa shape index (κ1) is 12.1. The molecule has 0 saturated carbocycles. The van der Waals surface area contributed by atoms with Gasteiger partial charge in [0.05, 0.1) is 12.3 Å². The molecule has 0 radical (unpaired) electrons. The van der Waals surface area contributed by atoms with Crippen LogP contribution < -0.4 is 5.43 Å². The molecule has 17 heavy (non-hydrogen) atoms. The summed E-state index contributed by atoms with van der Waals surface area (Å²) in [5.41, 5.74) is 4.15. The molecule has 0 spiro atoms. The van der Waals surface area contributed by atoms with E-state index >= 15 is 0 Å². The molecule has 2 N–H and O–H groups in total. The van der Waals surface area contributed by atoms with Gasteiger partial charge in [-0.3, -0.25) is 4.79 Å². The van der Waals surface area contributed by atoms with Crippen molar-refractivity contribution in [2.75, 3.05) is 12.9 Å². The van der Waals surface area contributed by atoms with Crippen LogP contribution >= 0.6 is 11.8 Å². The summed E-state index contributed by atoms with van der Waals surface area (Å²) in [6.45, 7) is -0.0590. The highest BCUT2D eigenvalue weighted by molar-refractivity contribution is 7.98. The Morgan fingerprint density at radius 1 is 1.47 bits per heavy atom. The topological polar surface area (TPSA) is 61.7 Å². The van der Waals surface area contributed by atoms with E-state index in [2.05, 4.69) is 10.5 Å². The van der Waals surface area contributed by atoms with Gasteiger partial charge in [-0.25, -0.2) is 5.43 Å². The van der Waals surface area contributed by atoms with Gasteiger partial charge in [-0.15, -0.1) is 11.8 Å². The third-order valence-corrected chi connectivity index (χ3v) is 3.47. The van der Waals surface area contributed by atoms with Gasteiger partial charge in [-0.2, -0.15) is 5.10 Å². The maximum absolute atomic E-state index is 11.2. The van der Waals surface area contributed by atoms with Gasteiger partial charge in [-0.1, -0.05) is 12.1 Å². The Balaban J connectivity index is 2.27. The van der Waals surface area contributed by atoms with E-state index in [0.717, 1.165) is 11.3 Å². The molecule has 90 valence electrons. The fourth-order valence-corrected chi connectivity index (χ4v) is 2.20. The molecule has 1 heterocycles. The average Bonchev–Trinajstić information content (AvgIpc) is 2.39. The first-order valence-electron chi connectivity index (χ1n) is 5.36. The van der Waals surface area contributed by atoms with E-state index in [1.165, 1.54) is 4.90 Å². The molecule has 2 rings (SSSR count). The summed E-state index contributed by atoms with van der Waals surface area (Å²) >= 11 is 1.67. The molecule has 1 aromatic carbocycles. The lowest BCUT2D eigenvalue weighted by Gasteiger charge is -2.20. The number of benzene rings is 1. The predicted molar refractivity (Wildman–Crippen MR) is 68.1 cm³/mol. The number of aliphatic hydroxyl groups excluding tert-OH is 1. The van der Waals surface area contributed by atoms with Crippen molar-refractivity contribution in [1.29, 1.82) is 0 Å². The number of aliphatic hydroxyl groups is 1. The number of hydrogen-bond donors (Lipinski definition) is 2. The van der Waals surface area contributed by atoms with Crippen molar-refractivity contribution < 1.29 is 9.90 Å². The number of carbonyl (C=O) groups excluding carboxylic acids is 1. The van der Waals surface area contributed by atoms with Gasteiger partial charge in [0.15, 0.2) is 0 Å². The molecule has 0 aliphatic carbocycles. The van der Waals surface area contributed by atoms with Crippen molar-refractivity contribution in [3.05, 3.63) is 29.8 Å². The van der Waals surface area contributed by atoms with E-state index in [0.29, 0.717) is 6.42 Å². The average molecular weight is 250 g/mol. The summed E-state index contributed by atoms with van der Waals surface area (Å²) in [7, 11) is 0. The number of amides is 1. The number of nitrogens with one attached hydrogen (secondary N) is 1. The molecule has 1 atom stereocenters. The molecule has 5 heteroatoms. The van der Waals surface area contributed by atoms with Crippen LogP contribution in [0.3, 0.4) is 0 Å². The zero-order chi connectivity index (χ0) is 12.3. The fraction of sp³-hybridized carbons (Fsp3) is 0.333. The standard InChI is InChI=1S/C12H14N2O2S/c1-17-10-4-2-8(3-5-10)12-9(7-15)6-11(16)13-14-12/h2-5,9,15H,6-7H2,1H3,(H,13,16). The van der Waals surface area contributed by atoms with E-state index in [4.69, 9.17) is 0 Å². The number of nitrogens with zero attached hydrogens (tertiary/aromatic N) is 1. The first-order valence-corrected chi connectivity index (χ1v) is 6.58. The fourth-order valence-electron chi connectivity index (χ4n) is 1.79. The van der Waals surface area contributed by atoms with Gasteiger partial charge in [0.1, 0.15) is 0 Å². The monoisotopic (exact) mass is 250 g/mol. The molecule has 0 fully saturated rings. The minimum Gasteiger partial charge on any atom is -0.396 e. The summed E-state index contributed by atoms with van der Waals surface area (Å²) in [5, 5.41) is 13.3. The predicted octanol–water partition coefficient (Wildman–Crippen LogP) is 1.24. The van der Waals surface area contributed by atoms with Crippen LogP contribution in [0.1, 0.15) is 12.0 Å². The van der Waals surface area contributed by atoms with Crippen LogP contribution in [-0.4, -0.2) is 29.6 Å². The van der Waals surface area contributed by atoms with Crippen LogP contribution in [0.15, 0.2) is 34.3 Å². The summed E-state index contributed by atoms with van der Waals surface area (Å²) < 4.78 is 0. The van der Waals surface area contributed by atoms with Gasteiger partial charge in [0, 0.05) is 17.2 Å². The zero-order valence-electron chi connectivity index (χ0n) is 9.51. The summed E-state index contributed by atoms with van der Waals surface area (Å²) in [6.07, 6.45) is 2.31. The number of hydrogen-bond acceptors (Lipinski definition) is 4. The quantitative estimate of drug-likeness (QED) is 0.793. The molecule has 1 amide bonds. The Morgan fingerprint density at radius 2 is 2.18 bits per heavy atom. The van der Waals surface area contributed by atoms with Gasteiger partial charge in [0.25, 0.3) is 0 Å². The van der Waals surface area contributed by atoms with Crippen molar-refractivity contribution in [3.63, 3.8) is 0 Å². The molecule has 1 aromatic rings. The molecule has 1 aliphatic heterocycles. The Morgan fingerprint density at radius 3 is 2.76 bits per heavy atom. The van der Waals surface area contributed by atoms with E-state index in [9.17, 15) is 9.90 Å². The van der Waals surface area contributed by atoms with Crippen molar-refractivity contribution in [2.24, 2.45) is 11.0 Å². The van der Waals surface area contributed by atoms with Crippen LogP contribution in [0.2, 0.25) is 0 Å². The Hall–Kier alpha value is -1.33. The van der Waals surface area contributed by atoms with Crippen LogP contribution in [0.5, 0.6) is 0 Å². The highest BCUT2D eigenvalue weighted by Gasteiger charge is 2.24.